The van der Waals surface area contributed by atoms with Crippen LogP contribution in [0.1, 0.15) is 11.8 Å². The van der Waals surface area contributed by atoms with Gasteiger partial charge in [-0.25, -0.2) is 17.2 Å². The van der Waals surface area contributed by atoms with Gasteiger partial charge in [0, 0.05) is 17.3 Å². The molecule has 0 unspecified atom stereocenters. The van der Waals surface area contributed by atoms with Gasteiger partial charge in [0.15, 0.2) is 0 Å². The van der Waals surface area contributed by atoms with Crippen molar-refractivity contribution in [2.24, 2.45) is 0 Å². The van der Waals surface area contributed by atoms with Crippen molar-refractivity contribution in [1.82, 2.24) is 4.31 Å². The lowest BCUT2D eigenvalue weighted by Gasteiger charge is -2.19. The minimum absolute atomic E-state index is 0.0159. The summed E-state index contributed by atoms with van der Waals surface area (Å²) in [5.41, 5.74) is 0. The second kappa shape index (κ2) is 6.79. The zero-order chi connectivity index (χ0) is 13.8. The molecular weight excluding hydrogens is 304 g/mol. The Kier molecular flexibility index (Phi) is 5.97. The first kappa shape index (κ1) is 15.8. The molecule has 18 heavy (non-hydrogen) atoms. The van der Waals surface area contributed by atoms with Gasteiger partial charge in [0.05, 0.1) is 6.54 Å². The lowest BCUT2D eigenvalue weighted by Crippen LogP contribution is -2.36. The summed E-state index contributed by atoms with van der Waals surface area (Å²) < 4.78 is 49.8. The molecule has 0 aliphatic heterocycles. The van der Waals surface area contributed by atoms with E-state index >= 15 is 0 Å². The summed E-state index contributed by atoms with van der Waals surface area (Å²) in [6.07, 6.45) is -2.00. The standard InChI is InChI=1S/C10H14ClF2NO2S2/c1-2-8-3-4-10(17-8)18(15,16)14(6-5-11)7-9(12)13/h3-4,9H,2,5-7H2,1H3. The summed E-state index contributed by atoms with van der Waals surface area (Å²) in [6.45, 7) is 0.958. The Bertz CT molecular complexity index is 476. The first-order valence-electron chi connectivity index (χ1n) is 5.34. The number of rotatable bonds is 7. The van der Waals surface area contributed by atoms with Gasteiger partial charge in [-0.15, -0.1) is 22.9 Å². The van der Waals surface area contributed by atoms with Gasteiger partial charge in [-0.2, -0.15) is 4.31 Å². The van der Waals surface area contributed by atoms with Crippen molar-refractivity contribution in [3.8, 4) is 0 Å². The van der Waals surface area contributed by atoms with Crippen molar-refractivity contribution in [1.29, 1.82) is 0 Å². The van der Waals surface area contributed by atoms with Gasteiger partial charge in [-0.05, 0) is 18.6 Å². The molecule has 0 amide bonds. The van der Waals surface area contributed by atoms with Gasteiger partial charge in [-0.1, -0.05) is 6.92 Å². The molecule has 1 heterocycles. The molecule has 1 rings (SSSR count). The number of aryl methyl sites for hydroxylation is 1. The molecule has 0 atom stereocenters. The van der Waals surface area contributed by atoms with Gasteiger partial charge < -0.3 is 0 Å². The number of hydrogen-bond donors (Lipinski definition) is 0. The zero-order valence-corrected chi connectivity index (χ0v) is 12.2. The van der Waals surface area contributed by atoms with Crippen LogP contribution in [0.5, 0.6) is 0 Å². The predicted molar refractivity (Wildman–Crippen MR) is 69.2 cm³/mol. The van der Waals surface area contributed by atoms with Gasteiger partial charge in [0.2, 0.25) is 0 Å². The number of halogens is 3. The molecule has 0 radical (unpaired) electrons. The Hall–Kier alpha value is -0.240. The smallest absolute Gasteiger partial charge is 0.209 e. The van der Waals surface area contributed by atoms with Crippen LogP contribution in [0.4, 0.5) is 8.78 Å². The fourth-order valence-electron chi connectivity index (χ4n) is 1.37. The fourth-order valence-corrected chi connectivity index (χ4v) is 4.54. The van der Waals surface area contributed by atoms with Crippen molar-refractivity contribution in [2.45, 2.75) is 24.0 Å². The van der Waals surface area contributed by atoms with Crippen LogP contribution in [0, 0.1) is 0 Å². The van der Waals surface area contributed by atoms with Crippen LogP contribution in [0.15, 0.2) is 16.3 Å². The molecule has 0 aliphatic rings. The molecule has 104 valence electrons. The van der Waals surface area contributed by atoms with E-state index in [1.165, 1.54) is 6.07 Å². The largest absolute Gasteiger partial charge is 0.252 e. The molecule has 0 saturated heterocycles. The van der Waals surface area contributed by atoms with Crippen LogP contribution in [0.3, 0.4) is 0 Å². The van der Waals surface area contributed by atoms with E-state index < -0.39 is 23.0 Å². The monoisotopic (exact) mass is 317 g/mol. The van der Waals surface area contributed by atoms with Crippen molar-refractivity contribution in [3.05, 3.63) is 17.0 Å². The molecule has 1 aromatic rings. The predicted octanol–water partition coefficient (Wildman–Crippen LogP) is 2.81. The van der Waals surface area contributed by atoms with Crippen LogP contribution < -0.4 is 0 Å². The van der Waals surface area contributed by atoms with Crippen LogP contribution in [0.2, 0.25) is 0 Å². The van der Waals surface area contributed by atoms with E-state index in [4.69, 9.17) is 11.6 Å². The summed E-state index contributed by atoms with van der Waals surface area (Å²) in [6, 6.07) is 3.14. The van der Waals surface area contributed by atoms with Crippen molar-refractivity contribution >= 4 is 33.0 Å². The van der Waals surface area contributed by atoms with Gasteiger partial charge in [0.1, 0.15) is 4.21 Å². The molecule has 8 heteroatoms. The average Bonchev–Trinajstić information content (AvgIpc) is 2.77. The summed E-state index contributed by atoms with van der Waals surface area (Å²) >= 11 is 6.56. The molecule has 0 fully saturated rings. The van der Waals surface area contributed by atoms with Crippen LogP contribution >= 0.6 is 22.9 Å². The first-order valence-corrected chi connectivity index (χ1v) is 8.14. The maximum absolute atomic E-state index is 12.4. The van der Waals surface area contributed by atoms with E-state index in [1.54, 1.807) is 6.07 Å². The number of thiophene rings is 1. The summed E-state index contributed by atoms with van der Waals surface area (Å²) in [5.74, 6) is -0.0159. The van der Waals surface area contributed by atoms with Crippen molar-refractivity contribution in [2.75, 3.05) is 19.0 Å². The van der Waals surface area contributed by atoms with Crippen LogP contribution in [-0.4, -0.2) is 38.1 Å². The number of hydrogen-bond acceptors (Lipinski definition) is 3. The number of alkyl halides is 3. The maximum atomic E-state index is 12.4. The second-order valence-electron chi connectivity index (χ2n) is 3.52. The fraction of sp³-hybridized carbons (Fsp3) is 0.600. The third-order valence-corrected chi connectivity index (χ3v) is 5.99. The first-order chi connectivity index (χ1) is 8.41. The average molecular weight is 318 g/mol. The molecule has 0 aromatic carbocycles. The van der Waals surface area contributed by atoms with Crippen molar-refractivity contribution in [3.63, 3.8) is 0 Å². The van der Waals surface area contributed by atoms with E-state index in [9.17, 15) is 17.2 Å². The van der Waals surface area contributed by atoms with Gasteiger partial charge >= 0.3 is 0 Å². The third-order valence-electron chi connectivity index (χ3n) is 2.26. The van der Waals surface area contributed by atoms with Crippen molar-refractivity contribution < 1.29 is 17.2 Å². The van der Waals surface area contributed by atoms with E-state index in [2.05, 4.69) is 0 Å². The van der Waals surface area contributed by atoms with E-state index in [0.717, 1.165) is 20.5 Å². The van der Waals surface area contributed by atoms with E-state index in [-0.39, 0.29) is 16.6 Å². The molecular formula is C10H14ClF2NO2S2. The molecule has 0 spiro atoms. The molecule has 0 aliphatic carbocycles. The molecule has 0 N–H and O–H groups in total. The van der Waals surface area contributed by atoms with Gasteiger partial charge in [0.25, 0.3) is 16.4 Å². The maximum Gasteiger partial charge on any atom is 0.252 e. The Labute approximate surface area is 114 Å². The summed E-state index contributed by atoms with van der Waals surface area (Å²) in [7, 11) is -3.86. The summed E-state index contributed by atoms with van der Waals surface area (Å²) in [4.78, 5) is 0.899. The number of sulfonamides is 1. The normalized spacial score (nSPS) is 12.6. The molecule has 1 aromatic heterocycles. The SMILES string of the molecule is CCc1ccc(S(=O)(=O)N(CCCl)CC(F)F)s1. The molecule has 3 nitrogen and oxygen atoms in total. The quantitative estimate of drug-likeness (QED) is 0.725. The molecule has 0 saturated carbocycles. The zero-order valence-electron chi connectivity index (χ0n) is 9.77. The van der Waals surface area contributed by atoms with E-state index in [0.29, 0.717) is 6.42 Å². The second-order valence-corrected chi connectivity index (χ2v) is 7.23. The lowest BCUT2D eigenvalue weighted by atomic mass is 10.4. The van der Waals surface area contributed by atoms with Crippen LogP contribution in [-0.2, 0) is 16.4 Å². The Morgan fingerprint density at radius 2 is 2.11 bits per heavy atom. The minimum Gasteiger partial charge on any atom is -0.209 e. The third kappa shape index (κ3) is 3.88. The molecule has 0 bridgehead atoms. The topological polar surface area (TPSA) is 37.4 Å². The highest BCUT2D eigenvalue weighted by Crippen LogP contribution is 2.25. The highest BCUT2D eigenvalue weighted by atomic mass is 35.5. The minimum atomic E-state index is -3.86. The highest BCUT2D eigenvalue weighted by molar-refractivity contribution is 7.91. The Morgan fingerprint density at radius 1 is 1.44 bits per heavy atom. The van der Waals surface area contributed by atoms with E-state index in [1.807, 2.05) is 6.92 Å². The van der Waals surface area contributed by atoms with Crippen LogP contribution in [0.25, 0.3) is 0 Å². The Balaban J connectivity index is 3.00. The highest BCUT2D eigenvalue weighted by Gasteiger charge is 2.28. The Morgan fingerprint density at radius 3 is 2.56 bits per heavy atom. The summed E-state index contributed by atoms with van der Waals surface area (Å²) in [5, 5.41) is 0. The van der Waals surface area contributed by atoms with Gasteiger partial charge in [-0.3, -0.25) is 0 Å². The lowest BCUT2D eigenvalue weighted by molar-refractivity contribution is 0.121. The number of nitrogens with zero attached hydrogens (tertiary/aromatic N) is 1.